The number of likely N-dealkylation sites (tertiary alicyclic amines) is 1. The van der Waals surface area contributed by atoms with Crippen LogP contribution in [-0.2, 0) is 11.2 Å². The third kappa shape index (κ3) is 3.31. The van der Waals surface area contributed by atoms with E-state index >= 15 is 0 Å². The lowest BCUT2D eigenvalue weighted by atomic mass is 10.0. The number of carboxylic acids is 1. The maximum Gasteiger partial charge on any atom is 0.322 e. The van der Waals surface area contributed by atoms with Crippen LogP contribution in [0.1, 0.15) is 18.9 Å². The van der Waals surface area contributed by atoms with Crippen molar-refractivity contribution in [1.82, 2.24) is 4.90 Å². The van der Waals surface area contributed by atoms with Gasteiger partial charge in [-0.3, -0.25) is 4.79 Å². The molecule has 2 rings (SSSR count). The van der Waals surface area contributed by atoms with E-state index < -0.39 is 11.9 Å². The van der Waals surface area contributed by atoms with E-state index in [9.17, 15) is 9.59 Å². The molecule has 110 valence electrons. The third-order valence-electron chi connectivity index (χ3n) is 3.82. The lowest BCUT2D eigenvalue weighted by Crippen LogP contribution is -2.40. The summed E-state index contributed by atoms with van der Waals surface area (Å²) in [4.78, 5) is 24.8. The highest BCUT2D eigenvalue weighted by atomic mass is 16.4. The number of nitrogens with zero attached hydrogens (tertiary/aromatic N) is 2. The Balaban J connectivity index is 1.99. The van der Waals surface area contributed by atoms with Crippen molar-refractivity contribution in [3.8, 4) is 6.07 Å². The lowest BCUT2D eigenvalue weighted by Gasteiger charge is -2.23. The van der Waals surface area contributed by atoms with Crippen molar-refractivity contribution in [2.75, 3.05) is 11.9 Å². The number of carboxylic acid groups (broad SMARTS) is 1. The molecule has 1 aromatic rings. The molecular formula is C15H17N3O3. The van der Waals surface area contributed by atoms with Gasteiger partial charge in [0.05, 0.1) is 18.4 Å². The number of nitriles is 1. The molecule has 21 heavy (non-hydrogen) atoms. The van der Waals surface area contributed by atoms with Crippen LogP contribution in [0.3, 0.4) is 0 Å². The summed E-state index contributed by atoms with van der Waals surface area (Å²) in [5, 5.41) is 20.4. The number of anilines is 1. The number of carbonyl (C=O) groups is 2. The smallest absolute Gasteiger partial charge is 0.322 e. The van der Waals surface area contributed by atoms with Crippen LogP contribution in [0.5, 0.6) is 0 Å². The zero-order valence-corrected chi connectivity index (χ0v) is 11.7. The molecule has 0 radical (unpaired) electrons. The Bertz CT molecular complexity index is 577. The molecule has 1 aromatic carbocycles. The molecule has 2 N–H and O–H groups in total. The third-order valence-corrected chi connectivity index (χ3v) is 3.82. The van der Waals surface area contributed by atoms with Gasteiger partial charge in [0.25, 0.3) is 0 Å². The summed E-state index contributed by atoms with van der Waals surface area (Å²) in [5.74, 6) is -1.37. The van der Waals surface area contributed by atoms with Gasteiger partial charge in [-0.15, -0.1) is 0 Å². The summed E-state index contributed by atoms with van der Waals surface area (Å²) < 4.78 is 0. The van der Waals surface area contributed by atoms with E-state index in [1.54, 1.807) is 36.1 Å². The van der Waals surface area contributed by atoms with Crippen molar-refractivity contribution >= 4 is 17.7 Å². The van der Waals surface area contributed by atoms with E-state index in [1.165, 1.54) is 0 Å². The van der Waals surface area contributed by atoms with Crippen LogP contribution >= 0.6 is 0 Å². The summed E-state index contributed by atoms with van der Waals surface area (Å²) >= 11 is 0. The van der Waals surface area contributed by atoms with Crippen molar-refractivity contribution in [3.63, 3.8) is 0 Å². The van der Waals surface area contributed by atoms with Crippen LogP contribution in [0.15, 0.2) is 24.3 Å². The standard InChI is InChI=1S/C15H17N3O3/c1-10-13(14(19)20)7-9-18(10)15(21)17-12-4-2-11(3-5-12)6-8-16/h2-5,10,13H,6-7,9H2,1H3,(H,17,21)(H,19,20). The van der Waals surface area contributed by atoms with Crippen molar-refractivity contribution in [1.29, 1.82) is 5.26 Å². The molecule has 0 aromatic heterocycles. The van der Waals surface area contributed by atoms with Crippen molar-refractivity contribution in [3.05, 3.63) is 29.8 Å². The number of nitrogens with one attached hydrogen (secondary N) is 1. The van der Waals surface area contributed by atoms with Gasteiger partial charge in [0, 0.05) is 18.3 Å². The summed E-state index contributed by atoms with van der Waals surface area (Å²) in [6, 6.07) is 8.49. The second-order valence-electron chi connectivity index (χ2n) is 5.13. The lowest BCUT2D eigenvalue weighted by molar-refractivity contribution is -0.142. The van der Waals surface area contributed by atoms with E-state index in [1.807, 2.05) is 0 Å². The average Bonchev–Trinajstić information content (AvgIpc) is 2.83. The topological polar surface area (TPSA) is 93.4 Å². The highest BCUT2D eigenvalue weighted by Crippen LogP contribution is 2.25. The summed E-state index contributed by atoms with van der Waals surface area (Å²) in [7, 11) is 0. The van der Waals surface area contributed by atoms with Gasteiger partial charge in [-0.05, 0) is 31.0 Å². The summed E-state index contributed by atoms with van der Waals surface area (Å²) in [5.41, 5.74) is 1.52. The Labute approximate surface area is 123 Å². The average molecular weight is 287 g/mol. The number of rotatable bonds is 3. The Morgan fingerprint density at radius 3 is 2.62 bits per heavy atom. The fourth-order valence-electron chi connectivity index (χ4n) is 2.55. The Morgan fingerprint density at radius 1 is 1.43 bits per heavy atom. The molecule has 0 bridgehead atoms. The van der Waals surface area contributed by atoms with Crippen molar-refractivity contribution < 1.29 is 14.7 Å². The molecule has 0 saturated carbocycles. The second kappa shape index (κ2) is 6.27. The highest BCUT2D eigenvalue weighted by Gasteiger charge is 2.38. The zero-order valence-electron chi connectivity index (χ0n) is 11.7. The maximum absolute atomic E-state index is 12.2. The molecule has 0 aliphatic carbocycles. The van der Waals surface area contributed by atoms with Gasteiger partial charge in [-0.1, -0.05) is 12.1 Å². The minimum absolute atomic E-state index is 0.292. The van der Waals surface area contributed by atoms with Gasteiger partial charge in [0.2, 0.25) is 0 Å². The number of urea groups is 1. The molecule has 6 nitrogen and oxygen atoms in total. The fourth-order valence-corrected chi connectivity index (χ4v) is 2.55. The molecule has 1 fully saturated rings. The molecule has 2 atom stereocenters. The molecular weight excluding hydrogens is 270 g/mol. The molecule has 6 heteroatoms. The maximum atomic E-state index is 12.2. The second-order valence-corrected chi connectivity index (χ2v) is 5.13. The first-order chi connectivity index (χ1) is 10.0. The van der Waals surface area contributed by atoms with E-state index in [0.29, 0.717) is 25.1 Å². The first-order valence-corrected chi connectivity index (χ1v) is 6.79. The van der Waals surface area contributed by atoms with Gasteiger partial charge in [-0.2, -0.15) is 5.26 Å². The van der Waals surface area contributed by atoms with Crippen LogP contribution in [0.25, 0.3) is 0 Å². The SMILES string of the molecule is CC1C(C(=O)O)CCN1C(=O)Nc1ccc(CC#N)cc1. The van der Waals surface area contributed by atoms with E-state index in [4.69, 9.17) is 10.4 Å². The number of carbonyl (C=O) groups excluding carboxylic acids is 1. The Hall–Kier alpha value is -2.55. The zero-order chi connectivity index (χ0) is 15.4. The normalized spacial score (nSPS) is 20.9. The van der Waals surface area contributed by atoms with E-state index in [-0.39, 0.29) is 12.1 Å². The highest BCUT2D eigenvalue weighted by molar-refractivity contribution is 5.90. The van der Waals surface area contributed by atoms with Crippen LogP contribution in [0.2, 0.25) is 0 Å². The predicted molar refractivity (Wildman–Crippen MR) is 76.7 cm³/mol. The Morgan fingerprint density at radius 2 is 2.10 bits per heavy atom. The first kappa shape index (κ1) is 14.9. The molecule has 2 unspecified atom stereocenters. The van der Waals surface area contributed by atoms with Gasteiger partial charge in [0.15, 0.2) is 0 Å². The van der Waals surface area contributed by atoms with E-state index in [2.05, 4.69) is 11.4 Å². The quantitative estimate of drug-likeness (QED) is 0.890. The number of aliphatic carboxylic acids is 1. The molecule has 1 saturated heterocycles. The van der Waals surface area contributed by atoms with Crippen LogP contribution in [0, 0.1) is 17.2 Å². The first-order valence-electron chi connectivity index (χ1n) is 6.79. The predicted octanol–water partition coefficient (Wildman–Crippen LogP) is 2.08. The van der Waals surface area contributed by atoms with Gasteiger partial charge >= 0.3 is 12.0 Å². The summed E-state index contributed by atoms with van der Waals surface area (Å²) in [6.07, 6.45) is 0.808. The number of hydrogen-bond donors (Lipinski definition) is 2. The summed E-state index contributed by atoms with van der Waals surface area (Å²) in [6.45, 7) is 2.19. The van der Waals surface area contributed by atoms with Crippen molar-refractivity contribution in [2.24, 2.45) is 5.92 Å². The minimum Gasteiger partial charge on any atom is -0.481 e. The fraction of sp³-hybridized carbons (Fsp3) is 0.400. The van der Waals surface area contributed by atoms with Gasteiger partial charge in [0.1, 0.15) is 0 Å². The number of benzene rings is 1. The number of amides is 2. The van der Waals surface area contributed by atoms with E-state index in [0.717, 1.165) is 5.56 Å². The molecule has 1 aliphatic heterocycles. The van der Waals surface area contributed by atoms with Gasteiger partial charge < -0.3 is 15.3 Å². The van der Waals surface area contributed by atoms with Crippen LogP contribution in [0.4, 0.5) is 10.5 Å². The molecule has 1 heterocycles. The number of hydrogen-bond acceptors (Lipinski definition) is 3. The molecule has 2 amide bonds. The monoisotopic (exact) mass is 287 g/mol. The van der Waals surface area contributed by atoms with Crippen molar-refractivity contribution in [2.45, 2.75) is 25.8 Å². The minimum atomic E-state index is -0.862. The largest absolute Gasteiger partial charge is 0.481 e. The van der Waals surface area contributed by atoms with Crippen LogP contribution in [-0.4, -0.2) is 34.6 Å². The molecule has 1 aliphatic rings. The molecule has 0 spiro atoms. The Kier molecular flexibility index (Phi) is 4.43. The van der Waals surface area contributed by atoms with Crippen LogP contribution < -0.4 is 5.32 Å². The van der Waals surface area contributed by atoms with Gasteiger partial charge in [-0.25, -0.2) is 4.79 Å².